The molecule has 0 radical (unpaired) electrons. The predicted octanol–water partition coefficient (Wildman–Crippen LogP) is 3.06. The molecular formula is C13H11ClN4. The zero-order chi connectivity index (χ0) is 12.7. The molecule has 0 N–H and O–H groups in total. The maximum atomic E-state index is 6.26. The average molecular weight is 259 g/mol. The van der Waals surface area contributed by atoms with Crippen LogP contribution in [-0.2, 0) is 0 Å². The lowest BCUT2D eigenvalue weighted by Gasteiger charge is -2.08. The maximum absolute atomic E-state index is 6.26. The Hall–Kier alpha value is -1.94. The van der Waals surface area contributed by atoms with Crippen molar-refractivity contribution in [1.82, 2.24) is 19.6 Å². The quantitative estimate of drug-likeness (QED) is 0.630. The predicted molar refractivity (Wildman–Crippen MR) is 70.7 cm³/mol. The van der Waals surface area contributed by atoms with Crippen LogP contribution in [0.5, 0.6) is 0 Å². The highest BCUT2D eigenvalue weighted by Gasteiger charge is 2.14. The molecule has 0 aliphatic rings. The molecule has 18 heavy (non-hydrogen) atoms. The Bertz CT molecular complexity index is 719. The van der Waals surface area contributed by atoms with Gasteiger partial charge in [-0.1, -0.05) is 41.9 Å². The minimum Gasteiger partial charge on any atom is -0.201 e. The monoisotopic (exact) mass is 258 g/mol. The van der Waals surface area contributed by atoms with Crippen molar-refractivity contribution in [2.24, 2.45) is 0 Å². The Kier molecular flexibility index (Phi) is 2.52. The molecule has 0 atom stereocenters. The number of hydrogen-bond donors (Lipinski definition) is 0. The molecule has 90 valence electrons. The van der Waals surface area contributed by atoms with Crippen LogP contribution in [0.15, 0.2) is 30.3 Å². The van der Waals surface area contributed by atoms with Gasteiger partial charge in [0.15, 0.2) is 0 Å². The second-order valence-corrected chi connectivity index (χ2v) is 4.46. The van der Waals surface area contributed by atoms with Gasteiger partial charge in [-0.2, -0.15) is 15.1 Å². The zero-order valence-electron chi connectivity index (χ0n) is 10.1. The Morgan fingerprint density at radius 3 is 2.50 bits per heavy atom. The van der Waals surface area contributed by atoms with Crippen LogP contribution in [-0.4, -0.2) is 19.6 Å². The standard InChI is InChI=1S/C13H11ClN4/c1-8-11(10-6-4-3-5-7-10)12(14)16-13-15-9(2)17-18(8)13/h3-7H,1-2H3. The molecule has 5 heteroatoms. The van der Waals surface area contributed by atoms with E-state index in [2.05, 4.69) is 15.1 Å². The Morgan fingerprint density at radius 2 is 1.78 bits per heavy atom. The molecule has 0 aliphatic heterocycles. The van der Waals surface area contributed by atoms with E-state index in [1.165, 1.54) is 0 Å². The van der Waals surface area contributed by atoms with E-state index in [9.17, 15) is 0 Å². The summed E-state index contributed by atoms with van der Waals surface area (Å²) in [5, 5.41) is 4.78. The zero-order valence-corrected chi connectivity index (χ0v) is 10.8. The van der Waals surface area contributed by atoms with Gasteiger partial charge >= 0.3 is 0 Å². The molecule has 1 aromatic carbocycles. The molecular weight excluding hydrogens is 248 g/mol. The van der Waals surface area contributed by atoms with E-state index in [1.807, 2.05) is 44.2 Å². The highest BCUT2D eigenvalue weighted by Crippen LogP contribution is 2.29. The van der Waals surface area contributed by atoms with Crippen molar-refractivity contribution >= 4 is 17.4 Å². The largest absolute Gasteiger partial charge is 0.254 e. The van der Waals surface area contributed by atoms with Crippen LogP contribution in [0.25, 0.3) is 16.9 Å². The van der Waals surface area contributed by atoms with Gasteiger partial charge in [0.1, 0.15) is 11.0 Å². The number of nitrogens with zero attached hydrogens (tertiary/aromatic N) is 4. The van der Waals surface area contributed by atoms with Crippen molar-refractivity contribution < 1.29 is 0 Å². The number of benzene rings is 1. The third kappa shape index (κ3) is 1.66. The van der Waals surface area contributed by atoms with Crippen LogP contribution in [0.1, 0.15) is 11.5 Å². The minimum atomic E-state index is 0.457. The van der Waals surface area contributed by atoms with E-state index in [0.717, 1.165) is 16.8 Å². The molecule has 0 unspecified atom stereocenters. The molecule has 2 heterocycles. The van der Waals surface area contributed by atoms with Gasteiger partial charge in [0, 0.05) is 5.56 Å². The number of halogens is 1. The van der Waals surface area contributed by atoms with Crippen LogP contribution in [0.3, 0.4) is 0 Å². The lowest BCUT2D eigenvalue weighted by Crippen LogP contribution is -2.00. The van der Waals surface area contributed by atoms with Gasteiger partial charge in [-0.05, 0) is 19.4 Å². The topological polar surface area (TPSA) is 43.1 Å². The summed E-state index contributed by atoms with van der Waals surface area (Å²) in [7, 11) is 0. The third-order valence-corrected chi connectivity index (χ3v) is 3.12. The van der Waals surface area contributed by atoms with Crippen molar-refractivity contribution in [3.8, 4) is 11.1 Å². The molecule has 0 amide bonds. The van der Waals surface area contributed by atoms with Crippen molar-refractivity contribution in [2.45, 2.75) is 13.8 Å². The van der Waals surface area contributed by atoms with Crippen LogP contribution < -0.4 is 0 Å². The number of aromatic nitrogens is 4. The van der Waals surface area contributed by atoms with E-state index in [4.69, 9.17) is 11.6 Å². The van der Waals surface area contributed by atoms with Crippen LogP contribution >= 0.6 is 11.6 Å². The van der Waals surface area contributed by atoms with Gasteiger partial charge in [-0.15, -0.1) is 0 Å². The van der Waals surface area contributed by atoms with Crippen molar-refractivity contribution in [3.05, 3.63) is 47.0 Å². The van der Waals surface area contributed by atoms with E-state index in [-0.39, 0.29) is 0 Å². The van der Waals surface area contributed by atoms with Crippen LogP contribution in [0.4, 0.5) is 0 Å². The Balaban J connectivity index is 2.36. The number of aryl methyl sites for hydroxylation is 2. The van der Waals surface area contributed by atoms with Crippen molar-refractivity contribution in [3.63, 3.8) is 0 Å². The molecule has 4 nitrogen and oxygen atoms in total. The lowest BCUT2D eigenvalue weighted by molar-refractivity contribution is 0.880. The summed E-state index contributed by atoms with van der Waals surface area (Å²) >= 11 is 6.26. The fourth-order valence-electron chi connectivity index (χ4n) is 2.03. The number of hydrogen-bond acceptors (Lipinski definition) is 3. The molecule has 0 bridgehead atoms. The maximum Gasteiger partial charge on any atom is 0.254 e. The van der Waals surface area contributed by atoms with Gasteiger partial charge in [-0.25, -0.2) is 4.52 Å². The fourth-order valence-corrected chi connectivity index (χ4v) is 2.35. The Labute approximate surface area is 109 Å². The molecule has 0 saturated heterocycles. The van der Waals surface area contributed by atoms with Crippen molar-refractivity contribution in [2.75, 3.05) is 0 Å². The highest BCUT2D eigenvalue weighted by molar-refractivity contribution is 6.32. The molecule has 0 saturated carbocycles. The molecule has 2 aromatic heterocycles. The summed E-state index contributed by atoms with van der Waals surface area (Å²) in [4.78, 5) is 8.51. The number of rotatable bonds is 1. The number of fused-ring (bicyclic) bond motifs is 1. The summed E-state index contributed by atoms with van der Waals surface area (Å²) in [6.45, 7) is 3.81. The summed E-state index contributed by atoms with van der Waals surface area (Å²) in [6.07, 6.45) is 0. The lowest BCUT2D eigenvalue weighted by atomic mass is 10.1. The first-order valence-electron chi connectivity index (χ1n) is 5.61. The molecule has 0 fully saturated rings. The molecule has 3 aromatic rings. The fraction of sp³-hybridized carbons (Fsp3) is 0.154. The molecule has 0 spiro atoms. The highest BCUT2D eigenvalue weighted by atomic mass is 35.5. The summed E-state index contributed by atoms with van der Waals surface area (Å²) < 4.78 is 1.73. The minimum absolute atomic E-state index is 0.457. The van der Waals surface area contributed by atoms with Crippen LogP contribution in [0, 0.1) is 13.8 Å². The van der Waals surface area contributed by atoms with E-state index < -0.39 is 0 Å². The Morgan fingerprint density at radius 1 is 1.06 bits per heavy atom. The van der Waals surface area contributed by atoms with Crippen molar-refractivity contribution in [1.29, 1.82) is 0 Å². The molecule has 0 aliphatic carbocycles. The van der Waals surface area contributed by atoms with E-state index in [0.29, 0.717) is 16.8 Å². The van der Waals surface area contributed by atoms with Crippen LogP contribution in [0.2, 0.25) is 5.15 Å². The second kappa shape index (κ2) is 4.07. The SMILES string of the molecule is Cc1nc2nc(Cl)c(-c3ccccc3)c(C)n2n1. The van der Waals surface area contributed by atoms with Gasteiger partial charge in [0.05, 0.1) is 5.69 Å². The first-order valence-corrected chi connectivity index (χ1v) is 5.99. The normalized spacial score (nSPS) is 11.1. The first kappa shape index (κ1) is 11.2. The van der Waals surface area contributed by atoms with Gasteiger partial charge in [-0.3, -0.25) is 0 Å². The summed E-state index contributed by atoms with van der Waals surface area (Å²) in [5.41, 5.74) is 2.87. The third-order valence-electron chi connectivity index (χ3n) is 2.84. The molecule has 3 rings (SSSR count). The van der Waals surface area contributed by atoms with E-state index >= 15 is 0 Å². The van der Waals surface area contributed by atoms with Gasteiger partial charge in [0.2, 0.25) is 0 Å². The average Bonchev–Trinajstić information content (AvgIpc) is 2.71. The summed E-state index contributed by atoms with van der Waals surface area (Å²) in [5.74, 6) is 1.22. The summed E-state index contributed by atoms with van der Waals surface area (Å²) in [6, 6.07) is 9.93. The van der Waals surface area contributed by atoms with Gasteiger partial charge in [0.25, 0.3) is 5.78 Å². The van der Waals surface area contributed by atoms with E-state index in [1.54, 1.807) is 4.52 Å². The van der Waals surface area contributed by atoms with Gasteiger partial charge < -0.3 is 0 Å². The smallest absolute Gasteiger partial charge is 0.201 e. The first-order chi connectivity index (χ1) is 8.66. The second-order valence-electron chi connectivity index (χ2n) is 4.10.